The van der Waals surface area contributed by atoms with Gasteiger partial charge in [-0.05, 0) is 71.6 Å². The minimum Gasteiger partial charge on any atom is -0.0996 e. The molecule has 1 atom stereocenters. The van der Waals surface area contributed by atoms with E-state index >= 15 is 0 Å². The highest BCUT2D eigenvalue weighted by Gasteiger charge is 2.17. The first-order valence-corrected chi connectivity index (χ1v) is 7.73. The zero-order chi connectivity index (χ0) is 14.1. The van der Waals surface area contributed by atoms with E-state index < -0.39 is 0 Å². The van der Waals surface area contributed by atoms with Gasteiger partial charge in [0.05, 0.1) is 0 Å². The van der Waals surface area contributed by atoms with Crippen LogP contribution < -0.4 is 0 Å². The van der Waals surface area contributed by atoms with Gasteiger partial charge in [-0.1, -0.05) is 47.6 Å². The first-order chi connectivity index (χ1) is 9.13. The highest BCUT2D eigenvalue weighted by atomic mass is 14.2. The van der Waals surface area contributed by atoms with Gasteiger partial charge in [0.25, 0.3) is 0 Å². The maximum absolute atomic E-state index is 4.32. The molecule has 0 aromatic heterocycles. The molecule has 1 aliphatic rings. The van der Waals surface area contributed by atoms with Gasteiger partial charge in [0.15, 0.2) is 0 Å². The van der Waals surface area contributed by atoms with Gasteiger partial charge in [-0.25, -0.2) is 0 Å². The van der Waals surface area contributed by atoms with Gasteiger partial charge in [0.2, 0.25) is 0 Å². The van der Waals surface area contributed by atoms with Crippen LogP contribution in [0, 0.1) is 5.92 Å². The summed E-state index contributed by atoms with van der Waals surface area (Å²) in [5.74, 6) is 0.733. The van der Waals surface area contributed by atoms with Crippen molar-refractivity contribution in [1.82, 2.24) is 0 Å². The summed E-state index contributed by atoms with van der Waals surface area (Å²) in [4.78, 5) is 0. The van der Waals surface area contributed by atoms with Crippen molar-refractivity contribution in [3.63, 3.8) is 0 Å². The van der Waals surface area contributed by atoms with Gasteiger partial charge in [0, 0.05) is 0 Å². The summed E-state index contributed by atoms with van der Waals surface area (Å²) in [6.45, 7) is 10.8. The largest absolute Gasteiger partial charge is 0.0996 e. The first-order valence-electron chi connectivity index (χ1n) is 7.73. The molecule has 0 heteroatoms. The van der Waals surface area contributed by atoms with Crippen molar-refractivity contribution in [2.45, 2.75) is 65.7 Å². The zero-order valence-corrected chi connectivity index (χ0v) is 13.0. The van der Waals surface area contributed by atoms with E-state index in [4.69, 9.17) is 0 Å². The molecule has 0 aliphatic heterocycles. The van der Waals surface area contributed by atoms with E-state index in [0.29, 0.717) is 0 Å². The van der Waals surface area contributed by atoms with E-state index in [1.165, 1.54) is 43.3 Å². The van der Waals surface area contributed by atoms with Crippen LogP contribution in [-0.4, -0.2) is 0 Å². The van der Waals surface area contributed by atoms with Crippen LogP contribution in [0.15, 0.2) is 47.6 Å². The molecule has 0 spiro atoms. The van der Waals surface area contributed by atoms with Gasteiger partial charge in [-0.3, -0.25) is 0 Å². The third kappa shape index (κ3) is 6.61. The van der Waals surface area contributed by atoms with E-state index in [1.807, 2.05) is 0 Å². The first kappa shape index (κ1) is 16.0. The second kappa shape index (κ2) is 8.96. The number of hydrogen-bond acceptors (Lipinski definition) is 0. The molecule has 0 radical (unpaired) electrons. The zero-order valence-electron chi connectivity index (χ0n) is 13.0. The van der Waals surface area contributed by atoms with Crippen LogP contribution in [0.5, 0.6) is 0 Å². The van der Waals surface area contributed by atoms with Crippen molar-refractivity contribution < 1.29 is 0 Å². The normalized spacial score (nSPS) is 19.3. The molecule has 1 unspecified atom stereocenters. The second-order valence-corrected chi connectivity index (χ2v) is 5.93. The Balaban J connectivity index is 2.38. The van der Waals surface area contributed by atoms with E-state index in [2.05, 4.69) is 51.7 Å². The molecule has 0 nitrogen and oxygen atoms in total. The third-order valence-corrected chi connectivity index (χ3v) is 3.92. The van der Waals surface area contributed by atoms with Gasteiger partial charge in [0.1, 0.15) is 0 Å². The molecule has 0 heterocycles. The van der Waals surface area contributed by atoms with Crippen molar-refractivity contribution in [3.8, 4) is 0 Å². The molecule has 0 N–H and O–H groups in total. The number of allylic oxidation sites excluding steroid dienone is 7. The summed E-state index contributed by atoms with van der Waals surface area (Å²) in [5, 5.41) is 0. The summed E-state index contributed by atoms with van der Waals surface area (Å²) in [6, 6.07) is 0. The van der Waals surface area contributed by atoms with Gasteiger partial charge in [-0.15, -0.1) is 0 Å². The summed E-state index contributed by atoms with van der Waals surface area (Å²) < 4.78 is 0. The predicted octanol–water partition coefficient (Wildman–Crippen LogP) is 6.37. The molecular weight excluding hydrogens is 228 g/mol. The molecule has 0 aromatic carbocycles. The van der Waals surface area contributed by atoms with Crippen molar-refractivity contribution >= 4 is 0 Å². The third-order valence-electron chi connectivity index (χ3n) is 3.92. The van der Waals surface area contributed by atoms with E-state index in [1.54, 1.807) is 5.57 Å². The molecule has 106 valence electrons. The standard InChI is InChI=1S/C19H30/c1-5-6-7-11-17(4)19-14-9-13-18(15-19)12-8-10-16(2)3/h5-6,10,13,19H,4,7-9,11-12,14-15H2,1-3H3/b6-5-. The molecule has 0 saturated carbocycles. The molecule has 0 amide bonds. The lowest BCUT2D eigenvalue weighted by molar-refractivity contribution is 0.510. The lowest BCUT2D eigenvalue weighted by atomic mass is 9.81. The number of rotatable bonds is 7. The summed E-state index contributed by atoms with van der Waals surface area (Å²) >= 11 is 0. The topological polar surface area (TPSA) is 0 Å². The number of hydrogen-bond donors (Lipinski definition) is 0. The minimum atomic E-state index is 0.733. The average molecular weight is 258 g/mol. The fraction of sp³-hybridized carbons (Fsp3) is 0.579. The van der Waals surface area contributed by atoms with Crippen LogP contribution in [0.3, 0.4) is 0 Å². The van der Waals surface area contributed by atoms with Crippen LogP contribution in [-0.2, 0) is 0 Å². The van der Waals surface area contributed by atoms with Crippen LogP contribution in [0.1, 0.15) is 65.7 Å². The lowest BCUT2D eigenvalue weighted by Crippen LogP contribution is -2.09. The van der Waals surface area contributed by atoms with Gasteiger partial charge < -0.3 is 0 Å². The van der Waals surface area contributed by atoms with E-state index in [0.717, 1.165) is 18.8 Å². The molecule has 0 bridgehead atoms. The summed E-state index contributed by atoms with van der Waals surface area (Å²) in [7, 11) is 0. The van der Waals surface area contributed by atoms with Gasteiger partial charge in [-0.2, -0.15) is 0 Å². The molecule has 19 heavy (non-hydrogen) atoms. The van der Waals surface area contributed by atoms with E-state index in [9.17, 15) is 0 Å². The Morgan fingerprint density at radius 2 is 2.16 bits per heavy atom. The lowest BCUT2D eigenvalue weighted by Gasteiger charge is -2.24. The predicted molar refractivity (Wildman–Crippen MR) is 87.3 cm³/mol. The van der Waals surface area contributed by atoms with Gasteiger partial charge >= 0.3 is 0 Å². The fourth-order valence-electron chi connectivity index (χ4n) is 2.73. The Labute approximate surface area is 120 Å². The monoisotopic (exact) mass is 258 g/mol. The molecule has 0 aromatic rings. The van der Waals surface area contributed by atoms with E-state index in [-0.39, 0.29) is 0 Å². The smallest absolute Gasteiger partial charge is 0.0166 e. The molecular formula is C19H30. The highest BCUT2D eigenvalue weighted by Crippen LogP contribution is 2.33. The summed E-state index contributed by atoms with van der Waals surface area (Å²) in [5.41, 5.74) is 4.55. The van der Waals surface area contributed by atoms with Crippen LogP contribution >= 0.6 is 0 Å². The SMILES string of the molecule is C=C(CC/C=C\C)C1CCC=C(CCC=C(C)C)C1. The molecule has 1 rings (SSSR count). The van der Waals surface area contributed by atoms with Crippen molar-refractivity contribution in [1.29, 1.82) is 0 Å². The molecule has 1 aliphatic carbocycles. The Morgan fingerprint density at radius 3 is 2.84 bits per heavy atom. The van der Waals surface area contributed by atoms with Crippen molar-refractivity contribution in [3.05, 3.63) is 47.6 Å². The Hall–Kier alpha value is -1.04. The molecule has 0 saturated heterocycles. The quantitative estimate of drug-likeness (QED) is 0.465. The Kier molecular flexibility index (Phi) is 7.55. The summed E-state index contributed by atoms with van der Waals surface area (Å²) in [6.07, 6.45) is 17.8. The minimum absolute atomic E-state index is 0.733. The van der Waals surface area contributed by atoms with Crippen LogP contribution in [0.2, 0.25) is 0 Å². The Morgan fingerprint density at radius 1 is 1.37 bits per heavy atom. The maximum atomic E-state index is 4.32. The van der Waals surface area contributed by atoms with Crippen molar-refractivity contribution in [2.24, 2.45) is 5.92 Å². The van der Waals surface area contributed by atoms with Crippen LogP contribution in [0.25, 0.3) is 0 Å². The van der Waals surface area contributed by atoms with Crippen LogP contribution in [0.4, 0.5) is 0 Å². The highest BCUT2D eigenvalue weighted by molar-refractivity contribution is 5.15. The maximum Gasteiger partial charge on any atom is -0.0166 e. The molecule has 0 fully saturated rings. The Bertz CT molecular complexity index is 361. The fourth-order valence-corrected chi connectivity index (χ4v) is 2.73. The second-order valence-electron chi connectivity index (χ2n) is 5.93. The average Bonchev–Trinajstić information content (AvgIpc) is 2.39. The van der Waals surface area contributed by atoms with Crippen molar-refractivity contribution in [2.75, 3.05) is 0 Å².